The van der Waals surface area contributed by atoms with E-state index in [9.17, 15) is 4.79 Å². The van der Waals surface area contributed by atoms with E-state index in [2.05, 4.69) is 21.2 Å². The van der Waals surface area contributed by atoms with Gasteiger partial charge in [0.05, 0.1) is 7.11 Å². The molecular weight excluding hydrogens is 332 g/mol. The molecule has 1 amide bonds. The average Bonchev–Trinajstić information content (AvgIpc) is 2.87. The number of hydrogen-bond donors (Lipinski definition) is 1. The van der Waals surface area contributed by atoms with Crippen LogP contribution in [0.25, 0.3) is 0 Å². The van der Waals surface area contributed by atoms with Crippen LogP contribution in [0.4, 0.5) is 0 Å². The largest absolute Gasteiger partial charge is 0.497 e. The van der Waals surface area contributed by atoms with Gasteiger partial charge in [-0.25, -0.2) is 0 Å². The molecule has 0 saturated carbocycles. The van der Waals surface area contributed by atoms with E-state index < -0.39 is 0 Å². The highest BCUT2D eigenvalue weighted by Gasteiger charge is 2.14. The maximum atomic E-state index is 12.3. The smallest absolute Gasteiger partial charge is 0.268 e. The van der Waals surface area contributed by atoms with Crippen molar-refractivity contribution in [2.75, 3.05) is 7.11 Å². The zero-order chi connectivity index (χ0) is 15.4. The van der Waals surface area contributed by atoms with Crippen molar-refractivity contribution < 1.29 is 9.53 Å². The Labute approximate surface area is 133 Å². The van der Waals surface area contributed by atoms with Crippen LogP contribution >= 0.6 is 15.9 Å². The fraction of sp³-hybridized carbons (Fsp3) is 0.312. The molecule has 0 aliphatic carbocycles. The van der Waals surface area contributed by atoms with Crippen LogP contribution < -0.4 is 10.1 Å². The van der Waals surface area contributed by atoms with E-state index in [1.807, 2.05) is 54.9 Å². The monoisotopic (exact) mass is 350 g/mol. The molecule has 0 fully saturated rings. The van der Waals surface area contributed by atoms with Crippen molar-refractivity contribution in [1.29, 1.82) is 0 Å². The van der Waals surface area contributed by atoms with Gasteiger partial charge >= 0.3 is 0 Å². The fourth-order valence-electron chi connectivity index (χ4n) is 2.11. The second kappa shape index (κ2) is 6.80. The third kappa shape index (κ3) is 3.88. The Morgan fingerprint density at radius 1 is 1.38 bits per heavy atom. The fourth-order valence-corrected chi connectivity index (χ4v) is 2.55. The van der Waals surface area contributed by atoms with E-state index in [0.29, 0.717) is 12.2 Å². The van der Waals surface area contributed by atoms with Crippen molar-refractivity contribution in [2.24, 2.45) is 0 Å². The molecule has 1 aromatic carbocycles. The number of methoxy groups -OCH3 is 1. The molecule has 2 rings (SSSR count). The van der Waals surface area contributed by atoms with Gasteiger partial charge in [-0.2, -0.15) is 0 Å². The lowest BCUT2D eigenvalue weighted by Crippen LogP contribution is -2.25. The molecule has 1 heterocycles. The average molecular weight is 351 g/mol. The number of nitrogens with zero attached hydrogens (tertiary/aromatic N) is 1. The Hall–Kier alpha value is -1.75. The molecule has 0 bridgehead atoms. The molecule has 0 radical (unpaired) electrons. The Morgan fingerprint density at radius 3 is 2.81 bits per heavy atom. The number of nitrogens with one attached hydrogen (secondary N) is 1. The summed E-state index contributed by atoms with van der Waals surface area (Å²) in [5, 5.41) is 2.94. The summed E-state index contributed by atoms with van der Waals surface area (Å²) >= 11 is 3.42. The third-order valence-electron chi connectivity index (χ3n) is 3.19. The van der Waals surface area contributed by atoms with Gasteiger partial charge in [0.25, 0.3) is 5.91 Å². The molecule has 0 aliphatic heterocycles. The maximum absolute atomic E-state index is 12.3. The van der Waals surface area contributed by atoms with Crippen molar-refractivity contribution in [3.8, 4) is 5.75 Å². The number of carbonyl (C=O) groups is 1. The molecular formula is C16H19BrN2O2. The van der Waals surface area contributed by atoms with E-state index in [0.717, 1.165) is 15.8 Å². The number of amides is 1. The summed E-state index contributed by atoms with van der Waals surface area (Å²) in [6, 6.07) is 9.73. The molecule has 0 saturated heterocycles. The molecule has 0 atom stereocenters. The van der Waals surface area contributed by atoms with Crippen molar-refractivity contribution in [3.63, 3.8) is 0 Å². The molecule has 1 aromatic heterocycles. The van der Waals surface area contributed by atoms with Gasteiger partial charge in [0.1, 0.15) is 11.4 Å². The van der Waals surface area contributed by atoms with E-state index in [4.69, 9.17) is 4.74 Å². The van der Waals surface area contributed by atoms with E-state index in [1.165, 1.54) is 0 Å². The predicted octanol–water partition coefficient (Wildman–Crippen LogP) is 3.77. The molecule has 21 heavy (non-hydrogen) atoms. The van der Waals surface area contributed by atoms with Crippen LogP contribution in [0, 0.1) is 0 Å². The second-order valence-electron chi connectivity index (χ2n) is 5.08. The summed E-state index contributed by atoms with van der Waals surface area (Å²) in [7, 11) is 1.63. The van der Waals surface area contributed by atoms with Crippen molar-refractivity contribution in [2.45, 2.75) is 26.4 Å². The Morgan fingerprint density at radius 2 is 2.14 bits per heavy atom. The number of aromatic nitrogens is 1. The Balaban J connectivity index is 2.08. The molecule has 0 unspecified atom stereocenters. The lowest BCUT2D eigenvalue weighted by molar-refractivity contribution is 0.0940. The normalized spacial score (nSPS) is 10.7. The molecule has 0 aliphatic rings. The third-order valence-corrected chi connectivity index (χ3v) is 3.63. The summed E-state index contributed by atoms with van der Waals surface area (Å²) in [6.45, 7) is 4.56. The molecule has 1 N–H and O–H groups in total. The van der Waals surface area contributed by atoms with Gasteiger partial charge in [-0.3, -0.25) is 4.79 Å². The van der Waals surface area contributed by atoms with E-state index in [1.54, 1.807) is 7.11 Å². The van der Waals surface area contributed by atoms with Gasteiger partial charge in [0, 0.05) is 23.3 Å². The summed E-state index contributed by atoms with van der Waals surface area (Å²) in [6.07, 6.45) is 1.92. The minimum atomic E-state index is -0.0859. The van der Waals surface area contributed by atoms with E-state index in [-0.39, 0.29) is 11.9 Å². The summed E-state index contributed by atoms with van der Waals surface area (Å²) in [4.78, 5) is 12.3. The minimum Gasteiger partial charge on any atom is -0.497 e. The van der Waals surface area contributed by atoms with Crippen LogP contribution in [0.3, 0.4) is 0 Å². The minimum absolute atomic E-state index is 0.0859. The lowest BCUT2D eigenvalue weighted by Gasteiger charge is -2.13. The highest BCUT2D eigenvalue weighted by atomic mass is 79.9. The first-order valence-electron chi connectivity index (χ1n) is 6.79. The lowest BCUT2D eigenvalue weighted by atomic mass is 10.2. The number of carbonyl (C=O) groups excluding carboxylic acids is 1. The van der Waals surface area contributed by atoms with Gasteiger partial charge in [0.15, 0.2) is 0 Å². The van der Waals surface area contributed by atoms with Crippen molar-refractivity contribution >= 4 is 21.8 Å². The first-order valence-corrected chi connectivity index (χ1v) is 7.59. The highest BCUT2D eigenvalue weighted by Crippen LogP contribution is 2.19. The number of halogens is 1. The molecule has 0 spiro atoms. The Kier molecular flexibility index (Phi) is 5.07. The molecule has 5 heteroatoms. The van der Waals surface area contributed by atoms with E-state index >= 15 is 0 Å². The SMILES string of the molecule is COc1cccc(CNC(=O)c2cc(Br)cn2C(C)C)c1. The zero-order valence-electron chi connectivity index (χ0n) is 12.4. The molecule has 112 valence electrons. The summed E-state index contributed by atoms with van der Waals surface area (Å²) in [5.41, 5.74) is 1.66. The van der Waals surface area contributed by atoms with Gasteiger partial charge in [-0.1, -0.05) is 12.1 Å². The number of ether oxygens (including phenoxy) is 1. The second-order valence-corrected chi connectivity index (χ2v) is 5.99. The van der Waals surface area contributed by atoms with Gasteiger partial charge < -0.3 is 14.6 Å². The maximum Gasteiger partial charge on any atom is 0.268 e. The quantitative estimate of drug-likeness (QED) is 0.891. The number of benzene rings is 1. The highest BCUT2D eigenvalue weighted by molar-refractivity contribution is 9.10. The van der Waals surface area contributed by atoms with Crippen molar-refractivity contribution in [1.82, 2.24) is 9.88 Å². The van der Waals surface area contributed by atoms with Crippen LogP contribution in [0.2, 0.25) is 0 Å². The number of hydrogen-bond acceptors (Lipinski definition) is 2. The molecule has 4 nitrogen and oxygen atoms in total. The first kappa shape index (κ1) is 15.6. The van der Waals surface area contributed by atoms with Gasteiger partial charge in [0.2, 0.25) is 0 Å². The standard InChI is InChI=1S/C16H19BrN2O2/c1-11(2)19-10-13(17)8-15(19)16(20)18-9-12-5-4-6-14(7-12)21-3/h4-8,10-11H,9H2,1-3H3,(H,18,20). The van der Waals surface area contributed by atoms with Crippen LogP contribution in [-0.4, -0.2) is 17.6 Å². The van der Waals surface area contributed by atoms with Gasteiger partial charge in [-0.15, -0.1) is 0 Å². The Bertz CT molecular complexity index is 635. The van der Waals surface area contributed by atoms with Crippen molar-refractivity contribution in [3.05, 3.63) is 52.3 Å². The van der Waals surface area contributed by atoms with Crippen LogP contribution in [0.1, 0.15) is 35.9 Å². The number of rotatable bonds is 5. The first-order chi connectivity index (χ1) is 10.0. The van der Waals surface area contributed by atoms with Crippen LogP contribution in [0.5, 0.6) is 5.75 Å². The topological polar surface area (TPSA) is 43.3 Å². The zero-order valence-corrected chi connectivity index (χ0v) is 14.0. The van der Waals surface area contributed by atoms with Crippen LogP contribution in [0.15, 0.2) is 41.0 Å². The van der Waals surface area contributed by atoms with Crippen LogP contribution in [-0.2, 0) is 6.54 Å². The van der Waals surface area contributed by atoms with Gasteiger partial charge in [-0.05, 0) is 53.5 Å². The summed E-state index contributed by atoms with van der Waals surface area (Å²) in [5.74, 6) is 0.701. The molecule has 2 aromatic rings. The summed E-state index contributed by atoms with van der Waals surface area (Å²) < 4.78 is 8.03. The predicted molar refractivity (Wildman–Crippen MR) is 86.7 cm³/mol.